The van der Waals surface area contributed by atoms with Crippen molar-refractivity contribution in [2.75, 3.05) is 0 Å². The molecule has 1 amide bonds. The third-order valence-electron chi connectivity index (χ3n) is 2.07. The Labute approximate surface area is 111 Å². The minimum absolute atomic E-state index is 0.0787. The number of rotatable bonds is 2. The van der Waals surface area contributed by atoms with Crippen LogP contribution in [-0.2, 0) is 4.79 Å². The second-order valence-corrected chi connectivity index (χ2v) is 5.95. The van der Waals surface area contributed by atoms with Crippen LogP contribution in [0.2, 0.25) is 0 Å². The normalized spacial score (nSPS) is 11.8. The van der Waals surface area contributed by atoms with Crippen LogP contribution < -0.4 is 5.32 Å². The van der Waals surface area contributed by atoms with Crippen molar-refractivity contribution in [1.82, 2.24) is 5.32 Å². The number of nitrogens with one attached hydrogen (secondary N) is 1. The molecule has 1 rings (SSSR count). The van der Waals surface area contributed by atoms with E-state index in [1.165, 1.54) is 5.56 Å². The highest BCUT2D eigenvalue weighted by Gasteiger charge is 2.11. The van der Waals surface area contributed by atoms with Crippen LogP contribution in [0.25, 0.3) is 6.08 Å². The minimum atomic E-state index is -0.202. The van der Waals surface area contributed by atoms with Gasteiger partial charge in [0.05, 0.1) is 0 Å². The van der Waals surface area contributed by atoms with E-state index in [1.807, 2.05) is 52.0 Å². The number of halogens is 1. The molecule has 0 fully saturated rings. The highest BCUT2D eigenvalue weighted by Crippen LogP contribution is 2.19. The van der Waals surface area contributed by atoms with E-state index in [-0.39, 0.29) is 11.4 Å². The number of hydrogen-bond acceptors (Lipinski definition) is 1. The van der Waals surface area contributed by atoms with Crippen molar-refractivity contribution in [1.29, 1.82) is 0 Å². The largest absolute Gasteiger partial charge is 0.348 e. The fraction of sp³-hybridized carbons (Fsp3) is 0.357. The molecule has 0 aliphatic carbocycles. The molecule has 1 N–H and O–H groups in total. The third-order valence-corrected chi connectivity index (χ3v) is 2.76. The van der Waals surface area contributed by atoms with Crippen LogP contribution in [0.4, 0.5) is 0 Å². The zero-order chi connectivity index (χ0) is 13.1. The number of carbonyl (C=O) groups is 1. The maximum absolute atomic E-state index is 11.6. The Balaban J connectivity index is 2.74. The van der Waals surface area contributed by atoms with Gasteiger partial charge in [-0.05, 0) is 51.0 Å². The summed E-state index contributed by atoms with van der Waals surface area (Å²) in [5, 5.41) is 2.88. The van der Waals surface area contributed by atoms with E-state index in [0.717, 1.165) is 10.0 Å². The standard InChI is InChI=1S/C14H18BrNO/c1-10-5-6-11(12(15)9-10)7-8-13(17)16-14(2,3)4/h5-9H,1-4H3,(H,16,17)/b8-7+. The van der Waals surface area contributed by atoms with Gasteiger partial charge in [0.1, 0.15) is 0 Å². The summed E-state index contributed by atoms with van der Waals surface area (Å²) in [5.74, 6) is -0.0787. The van der Waals surface area contributed by atoms with Crippen molar-refractivity contribution in [3.8, 4) is 0 Å². The SMILES string of the molecule is Cc1ccc(/C=C/C(=O)NC(C)(C)C)c(Br)c1. The van der Waals surface area contributed by atoms with E-state index >= 15 is 0 Å². The number of aryl methyl sites for hydroxylation is 1. The lowest BCUT2D eigenvalue weighted by Gasteiger charge is -2.18. The van der Waals surface area contributed by atoms with Crippen molar-refractivity contribution in [3.05, 3.63) is 39.9 Å². The molecule has 0 unspecified atom stereocenters. The summed E-state index contributed by atoms with van der Waals surface area (Å²) >= 11 is 3.48. The van der Waals surface area contributed by atoms with Gasteiger partial charge in [0.25, 0.3) is 0 Å². The number of hydrogen-bond donors (Lipinski definition) is 1. The Bertz CT molecular complexity index is 444. The Morgan fingerprint density at radius 3 is 2.53 bits per heavy atom. The van der Waals surface area contributed by atoms with Crippen LogP contribution >= 0.6 is 15.9 Å². The van der Waals surface area contributed by atoms with E-state index in [1.54, 1.807) is 6.08 Å². The van der Waals surface area contributed by atoms with E-state index in [0.29, 0.717) is 0 Å². The van der Waals surface area contributed by atoms with Crippen LogP contribution in [0.3, 0.4) is 0 Å². The van der Waals surface area contributed by atoms with Crippen LogP contribution in [-0.4, -0.2) is 11.4 Å². The van der Waals surface area contributed by atoms with Gasteiger partial charge in [0.2, 0.25) is 5.91 Å². The monoisotopic (exact) mass is 295 g/mol. The molecule has 3 heteroatoms. The molecule has 0 aliphatic heterocycles. The smallest absolute Gasteiger partial charge is 0.244 e. The van der Waals surface area contributed by atoms with Crippen molar-refractivity contribution >= 4 is 27.9 Å². The first-order valence-electron chi connectivity index (χ1n) is 5.54. The van der Waals surface area contributed by atoms with Gasteiger partial charge in [-0.15, -0.1) is 0 Å². The van der Waals surface area contributed by atoms with E-state index < -0.39 is 0 Å². The van der Waals surface area contributed by atoms with Crippen molar-refractivity contribution in [2.24, 2.45) is 0 Å². The summed E-state index contributed by atoms with van der Waals surface area (Å²) in [7, 11) is 0. The van der Waals surface area contributed by atoms with E-state index in [9.17, 15) is 4.79 Å². The maximum atomic E-state index is 11.6. The van der Waals surface area contributed by atoms with Gasteiger partial charge in [-0.1, -0.05) is 28.1 Å². The molecule has 0 aliphatic rings. The summed E-state index contributed by atoms with van der Waals surface area (Å²) < 4.78 is 0.998. The highest BCUT2D eigenvalue weighted by molar-refractivity contribution is 9.10. The maximum Gasteiger partial charge on any atom is 0.244 e. The van der Waals surface area contributed by atoms with Crippen LogP contribution in [0.15, 0.2) is 28.7 Å². The number of amides is 1. The van der Waals surface area contributed by atoms with Gasteiger partial charge >= 0.3 is 0 Å². The summed E-state index contributed by atoms with van der Waals surface area (Å²) in [6.45, 7) is 7.91. The zero-order valence-corrected chi connectivity index (χ0v) is 12.3. The second kappa shape index (κ2) is 5.50. The molecular formula is C14H18BrNO. The Hall–Kier alpha value is -1.09. The molecule has 17 heavy (non-hydrogen) atoms. The van der Waals surface area contributed by atoms with Crippen LogP contribution in [0, 0.1) is 6.92 Å². The van der Waals surface area contributed by atoms with Gasteiger partial charge in [-0.25, -0.2) is 0 Å². The quantitative estimate of drug-likeness (QED) is 0.829. The predicted octanol–water partition coefficient (Wildman–Crippen LogP) is 3.69. The lowest BCUT2D eigenvalue weighted by Crippen LogP contribution is -2.39. The average molecular weight is 296 g/mol. The molecule has 0 bridgehead atoms. The van der Waals surface area contributed by atoms with Crippen LogP contribution in [0.1, 0.15) is 31.9 Å². The summed E-state index contributed by atoms with van der Waals surface area (Å²) in [6.07, 6.45) is 3.37. The lowest BCUT2D eigenvalue weighted by atomic mass is 10.1. The first kappa shape index (κ1) is 14.0. The van der Waals surface area contributed by atoms with E-state index in [2.05, 4.69) is 21.2 Å². The van der Waals surface area contributed by atoms with Crippen molar-refractivity contribution < 1.29 is 4.79 Å². The molecule has 0 aromatic heterocycles. The molecule has 1 aromatic carbocycles. The van der Waals surface area contributed by atoms with Crippen molar-refractivity contribution in [2.45, 2.75) is 33.2 Å². The van der Waals surface area contributed by atoms with Gasteiger partial charge in [0, 0.05) is 16.1 Å². The minimum Gasteiger partial charge on any atom is -0.348 e. The predicted molar refractivity (Wildman–Crippen MR) is 75.8 cm³/mol. The first-order chi connectivity index (χ1) is 7.78. The molecule has 0 heterocycles. The van der Waals surface area contributed by atoms with Gasteiger partial charge < -0.3 is 5.32 Å². The molecule has 0 saturated carbocycles. The Kier molecular flexibility index (Phi) is 4.52. The summed E-state index contributed by atoms with van der Waals surface area (Å²) in [4.78, 5) is 11.6. The molecule has 0 radical (unpaired) electrons. The fourth-order valence-electron chi connectivity index (χ4n) is 1.34. The molecule has 0 spiro atoms. The van der Waals surface area contributed by atoms with Crippen LogP contribution in [0.5, 0.6) is 0 Å². The summed E-state index contributed by atoms with van der Waals surface area (Å²) in [5.41, 5.74) is 1.99. The zero-order valence-electron chi connectivity index (χ0n) is 10.7. The topological polar surface area (TPSA) is 29.1 Å². The molecule has 0 atom stereocenters. The second-order valence-electron chi connectivity index (χ2n) is 5.10. The fourth-order valence-corrected chi connectivity index (χ4v) is 1.97. The molecular weight excluding hydrogens is 278 g/mol. The van der Waals surface area contributed by atoms with Gasteiger partial charge in [0.15, 0.2) is 0 Å². The Morgan fingerprint density at radius 1 is 1.35 bits per heavy atom. The molecule has 92 valence electrons. The van der Waals surface area contributed by atoms with Gasteiger partial charge in [-0.3, -0.25) is 4.79 Å². The third kappa shape index (κ3) is 5.18. The number of carbonyl (C=O) groups excluding carboxylic acids is 1. The average Bonchev–Trinajstić information content (AvgIpc) is 2.13. The number of benzene rings is 1. The summed E-state index contributed by atoms with van der Waals surface area (Å²) in [6, 6.07) is 6.04. The molecule has 0 saturated heterocycles. The van der Waals surface area contributed by atoms with Gasteiger partial charge in [-0.2, -0.15) is 0 Å². The highest BCUT2D eigenvalue weighted by atomic mass is 79.9. The molecule has 1 aromatic rings. The lowest BCUT2D eigenvalue weighted by molar-refractivity contribution is -0.117. The molecule has 2 nitrogen and oxygen atoms in total. The van der Waals surface area contributed by atoms with Crippen molar-refractivity contribution in [3.63, 3.8) is 0 Å². The first-order valence-corrected chi connectivity index (χ1v) is 6.33. The Morgan fingerprint density at radius 2 is 2.00 bits per heavy atom. The van der Waals surface area contributed by atoms with E-state index in [4.69, 9.17) is 0 Å².